The molecule has 5 heteroatoms. The Bertz CT molecular complexity index is 486. The van der Waals surface area contributed by atoms with Gasteiger partial charge >= 0.3 is 0 Å². The van der Waals surface area contributed by atoms with E-state index < -0.39 is 0 Å². The van der Waals surface area contributed by atoms with Crippen molar-refractivity contribution in [1.29, 1.82) is 0 Å². The van der Waals surface area contributed by atoms with Crippen LogP contribution in [-0.2, 0) is 6.54 Å². The number of aromatic nitrogens is 2. The third-order valence-electron chi connectivity index (χ3n) is 3.88. The van der Waals surface area contributed by atoms with Crippen LogP contribution in [0, 0.1) is 16.4 Å². The van der Waals surface area contributed by atoms with E-state index in [4.69, 9.17) is 0 Å². The first-order valence-electron chi connectivity index (χ1n) is 7.03. The SMILES string of the molecule is Cc1ncn(CCNC2CCCC(C)C2)c(=O)c1I. The van der Waals surface area contributed by atoms with Crippen LogP contribution in [0.4, 0.5) is 0 Å². The van der Waals surface area contributed by atoms with Gasteiger partial charge in [0, 0.05) is 19.1 Å². The van der Waals surface area contributed by atoms with Crippen molar-refractivity contribution >= 4 is 22.6 Å². The third kappa shape index (κ3) is 4.02. The summed E-state index contributed by atoms with van der Waals surface area (Å²) >= 11 is 2.08. The molecule has 0 aromatic carbocycles. The second kappa shape index (κ2) is 6.83. The molecule has 0 amide bonds. The number of nitrogens with one attached hydrogen (secondary N) is 1. The Hall–Kier alpha value is -0.430. The third-order valence-corrected chi connectivity index (χ3v) is 5.12. The molecule has 2 unspecified atom stereocenters. The lowest BCUT2D eigenvalue weighted by Gasteiger charge is -2.27. The van der Waals surface area contributed by atoms with Crippen LogP contribution >= 0.6 is 22.6 Å². The minimum atomic E-state index is 0.0758. The molecule has 1 aromatic rings. The van der Waals surface area contributed by atoms with Crippen LogP contribution in [0.25, 0.3) is 0 Å². The van der Waals surface area contributed by atoms with Gasteiger partial charge in [-0.05, 0) is 48.3 Å². The number of hydrogen-bond acceptors (Lipinski definition) is 3. The zero-order chi connectivity index (χ0) is 13.8. The normalized spacial score (nSPS) is 23.5. The van der Waals surface area contributed by atoms with Gasteiger partial charge in [0.15, 0.2) is 0 Å². The van der Waals surface area contributed by atoms with Crippen molar-refractivity contribution in [2.75, 3.05) is 6.54 Å². The highest BCUT2D eigenvalue weighted by molar-refractivity contribution is 14.1. The van der Waals surface area contributed by atoms with Crippen LogP contribution in [0.1, 0.15) is 38.3 Å². The molecule has 0 spiro atoms. The zero-order valence-corrected chi connectivity index (χ0v) is 13.8. The standard InChI is InChI=1S/C14H22IN3O/c1-10-4-3-5-12(8-10)16-6-7-18-9-17-11(2)13(15)14(18)19/h9-10,12,16H,3-8H2,1-2H3. The molecule has 0 aliphatic heterocycles. The Balaban J connectivity index is 1.86. The van der Waals surface area contributed by atoms with Gasteiger partial charge < -0.3 is 5.32 Å². The van der Waals surface area contributed by atoms with Crippen LogP contribution < -0.4 is 10.9 Å². The summed E-state index contributed by atoms with van der Waals surface area (Å²) in [4.78, 5) is 16.3. The molecular formula is C14H22IN3O. The van der Waals surface area contributed by atoms with Crippen LogP contribution in [0.15, 0.2) is 11.1 Å². The molecule has 1 aliphatic carbocycles. The van der Waals surface area contributed by atoms with Gasteiger partial charge in [0.1, 0.15) is 0 Å². The quantitative estimate of drug-likeness (QED) is 0.822. The minimum Gasteiger partial charge on any atom is -0.312 e. The lowest BCUT2D eigenvalue weighted by atomic mass is 9.87. The monoisotopic (exact) mass is 375 g/mol. The fourth-order valence-corrected chi connectivity index (χ4v) is 3.16. The molecule has 2 atom stereocenters. The molecule has 106 valence electrons. The van der Waals surface area contributed by atoms with Crippen molar-refractivity contribution in [3.63, 3.8) is 0 Å². The average Bonchev–Trinajstić information content (AvgIpc) is 2.39. The molecule has 19 heavy (non-hydrogen) atoms. The van der Waals surface area contributed by atoms with E-state index in [9.17, 15) is 4.79 Å². The number of hydrogen-bond donors (Lipinski definition) is 1. The maximum Gasteiger partial charge on any atom is 0.267 e. The van der Waals surface area contributed by atoms with Gasteiger partial charge in [-0.1, -0.05) is 19.8 Å². The number of halogens is 1. The number of aryl methyl sites for hydroxylation is 1. The summed E-state index contributed by atoms with van der Waals surface area (Å²) in [6, 6.07) is 0.622. The Labute approximate surface area is 128 Å². The van der Waals surface area contributed by atoms with Gasteiger partial charge in [-0.15, -0.1) is 0 Å². The largest absolute Gasteiger partial charge is 0.312 e. The van der Waals surface area contributed by atoms with Crippen molar-refractivity contribution < 1.29 is 0 Å². The van der Waals surface area contributed by atoms with Gasteiger partial charge in [0.05, 0.1) is 15.6 Å². The van der Waals surface area contributed by atoms with E-state index in [0.29, 0.717) is 12.6 Å². The minimum absolute atomic E-state index is 0.0758. The van der Waals surface area contributed by atoms with Gasteiger partial charge in [0.25, 0.3) is 5.56 Å². The highest BCUT2D eigenvalue weighted by atomic mass is 127. The lowest BCUT2D eigenvalue weighted by molar-refractivity contribution is 0.299. The second-order valence-corrected chi connectivity index (χ2v) is 6.64. The summed E-state index contributed by atoms with van der Waals surface area (Å²) < 4.78 is 2.43. The molecule has 2 rings (SSSR count). The van der Waals surface area contributed by atoms with Gasteiger partial charge in [-0.25, -0.2) is 4.98 Å². The maximum absolute atomic E-state index is 12.0. The Morgan fingerprint density at radius 2 is 2.32 bits per heavy atom. The molecule has 1 heterocycles. The van der Waals surface area contributed by atoms with Gasteiger partial charge in [0.2, 0.25) is 0 Å². The molecular weight excluding hydrogens is 353 g/mol. The fourth-order valence-electron chi connectivity index (χ4n) is 2.71. The van der Waals surface area contributed by atoms with Gasteiger partial charge in [-0.2, -0.15) is 0 Å². The van der Waals surface area contributed by atoms with Crippen molar-refractivity contribution in [1.82, 2.24) is 14.9 Å². The van der Waals surface area contributed by atoms with E-state index in [1.807, 2.05) is 6.92 Å². The number of nitrogens with zero attached hydrogens (tertiary/aromatic N) is 2. The van der Waals surface area contributed by atoms with E-state index >= 15 is 0 Å². The highest BCUT2D eigenvalue weighted by Crippen LogP contribution is 2.23. The van der Waals surface area contributed by atoms with Crippen LogP contribution in [0.2, 0.25) is 0 Å². The molecule has 0 bridgehead atoms. The van der Waals surface area contributed by atoms with E-state index in [1.165, 1.54) is 25.7 Å². The first kappa shape index (κ1) is 15.0. The Morgan fingerprint density at radius 3 is 3.05 bits per heavy atom. The van der Waals surface area contributed by atoms with Crippen molar-refractivity contribution in [3.8, 4) is 0 Å². The van der Waals surface area contributed by atoms with Crippen LogP contribution in [-0.4, -0.2) is 22.1 Å². The fraction of sp³-hybridized carbons (Fsp3) is 0.714. The Kier molecular flexibility index (Phi) is 5.38. The van der Waals surface area contributed by atoms with E-state index in [0.717, 1.165) is 21.7 Å². The summed E-state index contributed by atoms with van der Waals surface area (Å²) in [5.74, 6) is 0.830. The first-order valence-corrected chi connectivity index (χ1v) is 8.10. The summed E-state index contributed by atoms with van der Waals surface area (Å²) in [7, 11) is 0. The van der Waals surface area contributed by atoms with E-state index in [1.54, 1.807) is 10.9 Å². The average molecular weight is 375 g/mol. The second-order valence-electron chi connectivity index (χ2n) is 5.57. The van der Waals surface area contributed by atoms with Gasteiger partial charge in [-0.3, -0.25) is 9.36 Å². The molecule has 0 saturated heterocycles. The number of rotatable bonds is 4. The smallest absolute Gasteiger partial charge is 0.267 e. The molecule has 0 radical (unpaired) electrons. The molecule has 1 aliphatic rings. The summed E-state index contributed by atoms with van der Waals surface area (Å²) in [5, 5.41) is 3.57. The molecule has 1 aromatic heterocycles. The van der Waals surface area contributed by atoms with Crippen molar-refractivity contribution in [2.45, 2.75) is 52.1 Å². The first-order chi connectivity index (χ1) is 9.08. The predicted octanol–water partition coefficient (Wildman–Crippen LogP) is 2.32. The lowest BCUT2D eigenvalue weighted by Crippen LogP contribution is -2.37. The van der Waals surface area contributed by atoms with Crippen LogP contribution in [0.5, 0.6) is 0 Å². The maximum atomic E-state index is 12.0. The summed E-state index contributed by atoms with van der Waals surface area (Å²) in [6.07, 6.45) is 6.87. The molecule has 1 fully saturated rings. The zero-order valence-electron chi connectivity index (χ0n) is 11.7. The Morgan fingerprint density at radius 1 is 1.53 bits per heavy atom. The topological polar surface area (TPSA) is 46.9 Å². The van der Waals surface area contributed by atoms with E-state index in [2.05, 4.69) is 39.8 Å². The predicted molar refractivity (Wildman–Crippen MR) is 85.4 cm³/mol. The summed E-state index contributed by atoms with van der Waals surface area (Å²) in [6.45, 7) is 5.74. The van der Waals surface area contributed by atoms with Crippen LogP contribution in [0.3, 0.4) is 0 Å². The van der Waals surface area contributed by atoms with Crippen molar-refractivity contribution in [3.05, 3.63) is 25.9 Å². The van der Waals surface area contributed by atoms with Crippen molar-refractivity contribution in [2.24, 2.45) is 5.92 Å². The van der Waals surface area contributed by atoms with E-state index in [-0.39, 0.29) is 5.56 Å². The summed E-state index contributed by atoms with van der Waals surface area (Å²) in [5.41, 5.74) is 0.892. The highest BCUT2D eigenvalue weighted by Gasteiger charge is 2.17. The molecule has 1 N–H and O–H groups in total. The molecule has 1 saturated carbocycles. The molecule has 4 nitrogen and oxygen atoms in total.